The Hall–Kier alpha value is -2.48. The molecule has 1 aromatic carbocycles. The van der Waals surface area contributed by atoms with E-state index >= 15 is 0 Å². The average Bonchev–Trinajstić information content (AvgIpc) is 2.37. The van der Waals surface area contributed by atoms with Crippen LogP contribution in [0.5, 0.6) is 0 Å². The number of nitro groups is 1. The number of aromatic carboxylic acids is 1. The lowest BCUT2D eigenvalue weighted by atomic mass is 10.1. The van der Waals surface area contributed by atoms with Crippen LogP contribution < -0.4 is 10.6 Å². The maximum atomic E-state index is 11.1. The minimum Gasteiger partial charge on any atom is -0.477 e. The maximum Gasteiger partial charge on any atom is 0.343 e. The van der Waals surface area contributed by atoms with Crippen molar-refractivity contribution in [1.29, 1.82) is 0 Å². The lowest BCUT2D eigenvalue weighted by molar-refractivity contribution is -0.385. The highest BCUT2D eigenvalue weighted by atomic mass is 16.6. The van der Waals surface area contributed by atoms with Crippen molar-refractivity contribution in [2.24, 2.45) is 0 Å². The molecular formula is C12H15N3O5. The van der Waals surface area contributed by atoms with Gasteiger partial charge >= 0.3 is 5.97 Å². The molecule has 0 bridgehead atoms. The van der Waals surface area contributed by atoms with Crippen LogP contribution in [0.15, 0.2) is 18.2 Å². The number of nitrogens with one attached hydrogen (secondary N) is 2. The Balaban J connectivity index is 2.74. The molecule has 0 fully saturated rings. The molecule has 108 valence electrons. The van der Waals surface area contributed by atoms with Gasteiger partial charge in [0, 0.05) is 32.6 Å². The first-order valence-corrected chi connectivity index (χ1v) is 5.88. The van der Waals surface area contributed by atoms with E-state index in [1.165, 1.54) is 19.1 Å². The highest BCUT2D eigenvalue weighted by Crippen LogP contribution is 2.22. The van der Waals surface area contributed by atoms with Crippen molar-refractivity contribution in [2.45, 2.75) is 13.5 Å². The van der Waals surface area contributed by atoms with Gasteiger partial charge in [0.1, 0.15) is 5.56 Å². The van der Waals surface area contributed by atoms with Crippen LogP contribution in [0, 0.1) is 10.1 Å². The summed E-state index contributed by atoms with van der Waals surface area (Å²) in [5, 5.41) is 25.4. The van der Waals surface area contributed by atoms with Crippen molar-refractivity contribution in [2.75, 3.05) is 13.1 Å². The number of hydrogen-bond acceptors (Lipinski definition) is 5. The minimum atomic E-state index is -1.34. The first-order chi connectivity index (χ1) is 9.43. The van der Waals surface area contributed by atoms with Crippen LogP contribution in [-0.2, 0) is 11.3 Å². The summed E-state index contributed by atoms with van der Waals surface area (Å²) in [7, 11) is 0. The molecule has 0 saturated heterocycles. The predicted octanol–water partition coefficient (Wildman–Crippen LogP) is 0.519. The van der Waals surface area contributed by atoms with Crippen LogP contribution in [0.25, 0.3) is 0 Å². The van der Waals surface area contributed by atoms with E-state index in [-0.39, 0.29) is 18.0 Å². The molecular weight excluding hydrogens is 266 g/mol. The van der Waals surface area contributed by atoms with Crippen LogP contribution >= 0.6 is 0 Å². The smallest absolute Gasteiger partial charge is 0.343 e. The molecule has 0 aliphatic heterocycles. The second-order valence-electron chi connectivity index (χ2n) is 4.03. The van der Waals surface area contributed by atoms with E-state index in [0.29, 0.717) is 18.7 Å². The van der Waals surface area contributed by atoms with Crippen molar-refractivity contribution in [1.82, 2.24) is 10.6 Å². The van der Waals surface area contributed by atoms with E-state index in [9.17, 15) is 19.7 Å². The molecule has 3 N–H and O–H groups in total. The molecule has 0 aliphatic rings. The quantitative estimate of drug-likeness (QED) is 0.380. The zero-order valence-electron chi connectivity index (χ0n) is 10.9. The Morgan fingerprint density at radius 3 is 2.60 bits per heavy atom. The van der Waals surface area contributed by atoms with Gasteiger partial charge in [-0.05, 0) is 5.56 Å². The fourth-order valence-corrected chi connectivity index (χ4v) is 1.68. The van der Waals surface area contributed by atoms with E-state index in [4.69, 9.17) is 5.11 Å². The zero-order chi connectivity index (χ0) is 15.1. The van der Waals surface area contributed by atoms with Gasteiger partial charge in [0.05, 0.1) is 4.92 Å². The van der Waals surface area contributed by atoms with E-state index in [1.54, 1.807) is 0 Å². The van der Waals surface area contributed by atoms with Gasteiger partial charge in [-0.25, -0.2) is 4.79 Å². The van der Waals surface area contributed by atoms with Crippen molar-refractivity contribution in [3.63, 3.8) is 0 Å². The lowest BCUT2D eigenvalue weighted by Gasteiger charge is -2.08. The highest BCUT2D eigenvalue weighted by molar-refractivity contribution is 5.94. The van der Waals surface area contributed by atoms with E-state index < -0.39 is 16.6 Å². The number of benzene rings is 1. The molecule has 0 aliphatic carbocycles. The number of carbonyl (C=O) groups is 2. The second kappa shape index (κ2) is 7.19. The average molecular weight is 281 g/mol. The van der Waals surface area contributed by atoms with Crippen molar-refractivity contribution in [3.05, 3.63) is 39.4 Å². The Kier molecular flexibility index (Phi) is 5.60. The van der Waals surface area contributed by atoms with Crippen LogP contribution in [-0.4, -0.2) is 35.0 Å². The summed E-state index contributed by atoms with van der Waals surface area (Å²) in [6.45, 7) is 2.39. The highest BCUT2D eigenvalue weighted by Gasteiger charge is 2.22. The van der Waals surface area contributed by atoms with Gasteiger partial charge in [-0.15, -0.1) is 0 Å². The summed E-state index contributed by atoms with van der Waals surface area (Å²) in [6, 6.07) is 4.11. The SMILES string of the molecule is CC(=O)NCCNCc1cccc([N+](=O)[O-])c1C(=O)O. The lowest BCUT2D eigenvalue weighted by Crippen LogP contribution is -2.30. The third kappa shape index (κ3) is 4.32. The van der Waals surface area contributed by atoms with Crippen LogP contribution in [0.4, 0.5) is 5.69 Å². The first-order valence-electron chi connectivity index (χ1n) is 5.88. The van der Waals surface area contributed by atoms with E-state index in [1.807, 2.05) is 0 Å². The molecule has 1 rings (SSSR count). The molecule has 8 heteroatoms. The Labute approximate surface area is 114 Å². The minimum absolute atomic E-state index is 0.159. The van der Waals surface area contributed by atoms with Crippen molar-refractivity contribution >= 4 is 17.6 Å². The molecule has 0 saturated carbocycles. The van der Waals surface area contributed by atoms with Gasteiger partial charge in [-0.2, -0.15) is 0 Å². The van der Waals surface area contributed by atoms with Gasteiger partial charge in [0.25, 0.3) is 5.69 Å². The number of nitrogens with zero attached hydrogens (tertiary/aromatic N) is 1. The second-order valence-corrected chi connectivity index (χ2v) is 4.03. The van der Waals surface area contributed by atoms with Gasteiger partial charge in [-0.3, -0.25) is 14.9 Å². The number of hydrogen-bond donors (Lipinski definition) is 3. The normalized spacial score (nSPS) is 10.1. The number of rotatable bonds is 7. The first kappa shape index (κ1) is 15.6. The summed E-state index contributed by atoms with van der Waals surface area (Å²) in [4.78, 5) is 31.9. The zero-order valence-corrected chi connectivity index (χ0v) is 10.9. The molecule has 20 heavy (non-hydrogen) atoms. The predicted molar refractivity (Wildman–Crippen MR) is 70.4 cm³/mol. The molecule has 0 radical (unpaired) electrons. The van der Waals surface area contributed by atoms with Gasteiger partial charge in [0.15, 0.2) is 0 Å². The summed E-state index contributed by atoms with van der Waals surface area (Å²) < 4.78 is 0. The summed E-state index contributed by atoms with van der Waals surface area (Å²) in [6.07, 6.45) is 0. The number of amides is 1. The summed E-state index contributed by atoms with van der Waals surface area (Å²) in [5.74, 6) is -1.50. The van der Waals surface area contributed by atoms with Gasteiger partial charge in [-0.1, -0.05) is 12.1 Å². The topological polar surface area (TPSA) is 122 Å². The molecule has 0 unspecified atom stereocenters. The largest absolute Gasteiger partial charge is 0.477 e. The van der Waals surface area contributed by atoms with Crippen LogP contribution in [0.3, 0.4) is 0 Å². The monoisotopic (exact) mass is 281 g/mol. The molecule has 0 spiro atoms. The Morgan fingerprint density at radius 2 is 2.05 bits per heavy atom. The Bertz CT molecular complexity index is 530. The fraction of sp³-hybridized carbons (Fsp3) is 0.333. The van der Waals surface area contributed by atoms with Crippen LogP contribution in [0.2, 0.25) is 0 Å². The number of nitro benzene ring substituents is 1. The molecule has 1 aromatic rings. The number of carboxylic acids is 1. The van der Waals surface area contributed by atoms with Gasteiger partial charge in [0.2, 0.25) is 5.91 Å². The number of carbonyl (C=O) groups excluding carboxylic acids is 1. The number of carboxylic acid groups (broad SMARTS) is 1. The Morgan fingerprint density at radius 1 is 1.35 bits per heavy atom. The summed E-state index contributed by atoms with van der Waals surface area (Å²) >= 11 is 0. The fourth-order valence-electron chi connectivity index (χ4n) is 1.68. The van der Waals surface area contributed by atoms with Crippen molar-refractivity contribution < 1.29 is 19.6 Å². The van der Waals surface area contributed by atoms with E-state index in [0.717, 1.165) is 6.07 Å². The molecule has 1 amide bonds. The standard InChI is InChI=1S/C12H15N3O5/c1-8(16)14-6-5-13-7-9-3-2-4-10(15(19)20)11(9)12(17)18/h2-4,13H,5-7H2,1H3,(H,14,16)(H,17,18). The van der Waals surface area contributed by atoms with E-state index in [2.05, 4.69) is 10.6 Å². The summed E-state index contributed by atoms with van der Waals surface area (Å²) in [5.41, 5.74) is -0.419. The maximum absolute atomic E-state index is 11.1. The van der Waals surface area contributed by atoms with Crippen molar-refractivity contribution in [3.8, 4) is 0 Å². The van der Waals surface area contributed by atoms with Gasteiger partial charge < -0.3 is 15.7 Å². The third-order valence-corrected chi connectivity index (χ3v) is 2.53. The molecule has 0 aromatic heterocycles. The molecule has 0 heterocycles. The van der Waals surface area contributed by atoms with Crippen LogP contribution in [0.1, 0.15) is 22.8 Å². The molecule has 0 atom stereocenters. The third-order valence-electron chi connectivity index (χ3n) is 2.53. The molecule has 8 nitrogen and oxygen atoms in total.